The summed E-state index contributed by atoms with van der Waals surface area (Å²) in [6.45, 7) is 4.25. The predicted molar refractivity (Wildman–Crippen MR) is 86.2 cm³/mol. The molecule has 3 heteroatoms. The average Bonchev–Trinajstić information content (AvgIpc) is 2.83. The highest BCUT2D eigenvalue weighted by Crippen LogP contribution is 2.25. The number of para-hydroxylation sites is 1. The standard InChI is InChI=1S/C17H18N2S/c1-11-7-8-13(9-12(11)2)14(18)10-17-19-15-5-3-4-6-16(15)20-17/h3-9,14H,10,18H2,1-2H3. The molecule has 3 aromatic rings. The summed E-state index contributed by atoms with van der Waals surface area (Å²) < 4.78 is 1.23. The van der Waals surface area contributed by atoms with Gasteiger partial charge in [-0.2, -0.15) is 0 Å². The summed E-state index contributed by atoms with van der Waals surface area (Å²) in [5.41, 5.74) is 11.2. The first-order valence-corrected chi connectivity index (χ1v) is 7.62. The molecule has 0 radical (unpaired) electrons. The highest BCUT2D eigenvalue weighted by molar-refractivity contribution is 7.18. The van der Waals surface area contributed by atoms with Crippen LogP contribution in [0.3, 0.4) is 0 Å². The molecule has 2 nitrogen and oxygen atoms in total. The Morgan fingerprint density at radius 1 is 1.10 bits per heavy atom. The summed E-state index contributed by atoms with van der Waals surface area (Å²) in [6, 6.07) is 14.7. The second kappa shape index (κ2) is 5.35. The molecular formula is C17H18N2S. The Balaban J connectivity index is 1.84. The summed E-state index contributed by atoms with van der Waals surface area (Å²) in [7, 11) is 0. The zero-order valence-electron chi connectivity index (χ0n) is 11.8. The van der Waals surface area contributed by atoms with E-state index in [0.29, 0.717) is 0 Å². The Morgan fingerprint density at radius 2 is 1.90 bits per heavy atom. The minimum absolute atomic E-state index is 0.00913. The van der Waals surface area contributed by atoms with Gasteiger partial charge in [0, 0.05) is 12.5 Å². The van der Waals surface area contributed by atoms with Crippen molar-refractivity contribution >= 4 is 21.6 Å². The van der Waals surface area contributed by atoms with E-state index in [4.69, 9.17) is 5.73 Å². The molecule has 1 unspecified atom stereocenters. The molecule has 0 fully saturated rings. The van der Waals surface area contributed by atoms with Crippen LogP contribution in [0.2, 0.25) is 0 Å². The number of benzene rings is 2. The number of rotatable bonds is 3. The van der Waals surface area contributed by atoms with Crippen molar-refractivity contribution in [2.45, 2.75) is 26.3 Å². The predicted octanol–water partition coefficient (Wildman–Crippen LogP) is 4.16. The largest absolute Gasteiger partial charge is 0.324 e. The van der Waals surface area contributed by atoms with Crippen molar-refractivity contribution in [3.05, 3.63) is 64.2 Å². The molecule has 0 amide bonds. The molecule has 3 rings (SSSR count). The number of thiazole rings is 1. The number of aromatic nitrogens is 1. The molecule has 1 heterocycles. The van der Waals surface area contributed by atoms with Crippen molar-refractivity contribution in [3.63, 3.8) is 0 Å². The Bertz CT molecular complexity index is 713. The summed E-state index contributed by atoms with van der Waals surface area (Å²) >= 11 is 1.74. The fourth-order valence-electron chi connectivity index (χ4n) is 2.31. The Morgan fingerprint density at radius 3 is 2.65 bits per heavy atom. The van der Waals surface area contributed by atoms with Crippen LogP contribution >= 0.6 is 11.3 Å². The fourth-order valence-corrected chi connectivity index (χ4v) is 3.33. The first kappa shape index (κ1) is 13.3. The maximum atomic E-state index is 6.33. The van der Waals surface area contributed by atoms with Crippen molar-refractivity contribution < 1.29 is 0 Å². The third kappa shape index (κ3) is 2.60. The van der Waals surface area contributed by atoms with E-state index in [1.807, 2.05) is 12.1 Å². The second-order valence-electron chi connectivity index (χ2n) is 5.23. The third-order valence-electron chi connectivity index (χ3n) is 3.69. The molecule has 0 saturated carbocycles. The van der Waals surface area contributed by atoms with Crippen LogP contribution in [0.15, 0.2) is 42.5 Å². The first-order valence-electron chi connectivity index (χ1n) is 6.80. The molecule has 0 aliphatic rings. The van der Waals surface area contributed by atoms with Gasteiger partial charge in [-0.1, -0.05) is 30.3 Å². The maximum Gasteiger partial charge on any atom is 0.0957 e. The van der Waals surface area contributed by atoms with E-state index in [1.165, 1.54) is 21.4 Å². The van der Waals surface area contributed by atoms with Gasteiger partial charge in [0.25, 0.3) is 0 Å². The molecule has 20 heavy (non-hydrogen) atoms. The smallest absolute Gasteiger partial charge is 0.0957 e. The van der Waals surface area contributed by atoms with Gasteiger partial charge < -0.3 is 5.73 Å². The van der Waals surface area contributed by atoms with Crippen LogP contribution in [-0.2, 0) is 6.42 Å². The SMILES string of the molecule is Cc1ccc(C(N)Cc2nc3ccccc3s2)cc1C. The van der Waals surface area contributed by atoms with Gasteiger partial charge in [0.1, 0.15) is 0 Å². The lowest BCUT2D eigenvalue weighted by Crippen LogP contribution is -2.13. The molecule has 2 N–H and O–H groups in total. The molecule has 0 saturated heterocycles. The molecule has 0 aliphatic carbocycles. The molecule has 2 aromatic carbocycles. The molecular weight excluding hydrogens is 264 g/mol. The Kier molecular flexibility index (Phi) is 3.55. The maximum absolute atomic E-state index is 6.33. The number of nitrogens with zero attached hydrogens (tertiary/aromatic N) is 1. The Labute approximate surface area is 123 Å². The zero-order valence-corrected chi connectivity index (χ0v) is 12.6. The number of hydrogen-bond acceptors (Lipinski definition) is 3. The average molecular weight is 282 g/mol. The molecule has 0 aliphatic heterocycles. The Hall–Kier alpha value is -1.71. The quantitative estimate of drug-likeness (QED) is 0.783. The monoisotopic (exact) mass is 282 g/mol. The van der Waals surface area contributed by atoms with E-state index >= 15 is 0 Å². The van der Waals surface area contributed by atoms with Gasteiger partial charge in [0.15, 0.2) is 0 Å². The number of nitrogens with two attached hydrogens (primary N) is 1. The van der Waals surface area contributed by atoms with E-state index in [-0.39, 0.29) is 6.04 Å². The molecule has 1 aromatic heterocycles. The highest BCUT2D eigenvalue weighted by atomic mass is 32.1. The zero-order chi connectivity index (χ0) is 14.1. The van der Waals surface area contributed by atoms with Crippen LogP contribution in [0.4, 0.5) is 0 Å². The van der Waals surface area contributed by atoms with Crippen molar-refractivity contribution in [1.82, 2.24) is 4.98 Å². The minimum Gasteiger partial charge on any atom is -0.324 e. The van der Waals surface area contributed by atoms with Crippen LogP contribution in [0.25, 0.3) is 10.2 Å². The minimum atomic E-state index is 0.00913. The first-order chi connectivity index (χ1) is 9.63. The lowest BCUT2D eigenvalue weighted by molar-refractivity contribution is 0.718. The molecule has 0 spiro atoms. The van der Waals surface area contributed by atoms with Crippen LogP contribution in [-0.4, -0.2) is 4.98 Å². The highest BCUT2D eigenvalue weighted by Gasteiger charge is 2.11. The van der Waals surface area contributed by atoms with Gasteiger partial charge in [-0.05, 0) is 42.7 Å². The molecule has 102 valence electrons. The van der Waals surface area contributed by atoms with E-state index < -0.39 is 0 Å². The summed E-state index contributed by atoms with van der Waals surface area (Å²) in [5.74, 6) is 0. The third-order valence-corrected chi connectivity index (χ3v) is 4.75. The summed E-state index contributed by atoms with van der Waals surface area (Å²) in [6.07, 6.45) is 0.793. The van der Waals surface area contributed by atoms with Crippen LogP contribution in [0.1, 0.15) is 27.7 Å². The van der Waals surface area contributed by atoms with Gasteiger partial charge in [0.2, 0.25) is 0 Å². The van der Waals surface area contributed by atoms with Crippen molar-refractivity contribution in [2.24, 2.45) is 5.73 Å². The van der Waals surface area contributed by atoms with E-state index in [1.54, 1.807) is 11.3 Å². The van der Waals surface area contributed by atoms with E-state index in [2.05, 4.69) is 49.2 Å². The van der Waals surface area contributed by atoms with Crippen LogP contribution in [0.5, 0.6) is 0 Å². The lowest BCUT2D eigenvalue weighted by Gasteiger charge is -2.12. The number of fused-ring (bicyclic) bond motifs is 1. The van der Waals surface area contributed by atoms with E-state index in [0.717, 1.165) is 16.9 Å². The normalized spacial score (nSPS) is 12.8. The van der Waals surface area contributed by atoms with Gasteiger partial charge in [-0.3, -0.25) is 0 Å². The second-order valence-corrected chi connectivity index (χ2v) is 6.34. The van der Waals surface area contributed by atoms with Gasteiger partial charge in [0.05, 0.1) is 15.2 Å². The fraction of sp³-hybridized carbons (Fsp3) is 0.235. The van der Waals surface area contributed by atoms with Crippen molar-refractivity contribution in [3.8, 4) is 0 Å². The number of hydrogen-bond donors (Lipinski definition) is 1. The van der Waals surface area contributed by atoms with Crippen LogP contribution < -0.4 is 5.73 Å². The summed E-state index contributed by atoms with van der Waals surface area (Å²) in [5, 5.41) is 1.11. The topological polar surface area (TPSA) is 38.9 Å². The molecule has 1 atom stereocenters. The summed E-state index contributed by atoms with van der Waals surface area (Å²) in [4.78, 5) is 4.66. The van der Waals surface area contributed by atoms with Gasteiger partial charge in [-0.15, -0.1) is 11.3 Å². The van der Waals surface area contributed by atoms with Crippen molar-refractivity contribution in [2.75, 3.05) is 0 Å². The van der Waals surface area contributed by atoms with E-state index in [9.17, 15) is 0 Å². The van der Waals surface area contributed by atoms with Crippen molar-refractivity contribution in [1.29, 1.82) is 0 Å². The molecule has 0 bridgehead atoms. The number of aryl methyl sites for hydroxylation is 2. The van der Waals surface area contributed by atoms with Crippen LogP contribution in [0, 0.1) is 13.8 Å². The van der Waals surface area contributed by atoms with Gasteiger partial charge >= 0.3 is 0 Å². The van der Waals surface area contributed by atoms with Gasteiger partial charge in [-0.25, -0.2) is 4.98 Å². The lowest BCUT2D eigenvalue weighted by atomic mass is 10.00.